The Hall–Kier alpha value is -3.33. The molecule has 0 spiro atoms. The van der Waals surface area contributed by atoms with Crippen LogP contribution >= 0.6 is 15.9 Å². The van der Waals surface area contributed by atoms with Crippen LogP contribution in [0, 0.1) is 0 Å². The van der Waals surface area contributed by atoms with Gasteiger partial charge in [0.25, 0.3) is 11.5 Å². The number of aromatic hydroxyl groups is 1. The van der Waals surface area contributed by atoms with Crippen molar-refractivity contribution in [3.63, 3.8) is 0 Å². The molecule has 2 aromatic heterocycles. The number of rotatable bonds is 4. The Labute approximate surface area is 161 Å². The summed E-state index contributed by atoms with van der Waals surface area (Å²) in [7, 11) is 0. The van der Waals surface area contributed by atoms with E-state index < -0.39 is 0 Å². The van der Waals surface area contributed by atoms with E-state index in [4.69, 9.17) is 0 Å². The molecule has 2 aromatic carbocycles. The van der Waals surface area contributed by atoms with Gasteiger partial charge in [-0.1, -0.05) is 46.3 Å². The van der Waals surface area contributed by atoms with Gasteiger partial charge in [0, 0.05) is 16.3 Å². The fourth-order valence-electron chi connectivity index (χ4n) is 2.64. The number of nitrogens with one attached hydrogen (secondary N) is 2. The van der Waals surface area contributed by atoms with Crippen LogP contribution in [-0.4, -0.2) is 25.3 Å². The lowest BCUT2D eigenvalue weighted by atomic mass is 10.1. The molecule has 0 saturated carbocycles. The van der Waals surface area contributed by atoms with Gasteiger partial charge in [0.05, 0.1) is 5.52 Å². The molecule has 27 heavy (non-hydrogen) atoms. The highest BCUT2D eigenvalue weighted by Crippen LogP contribution is 2.37. The highest BCUT2D eigenvalue weighted by Gasteiger charge is 2.11. The van der Waals surface area contributed by atoms with Gasteiger partial charge < -0.3 is 10.1 Å². The molecular formula is C18H13BrN6O2. The average molecular weight is 425 g/mol. The monoisotopic (exact) mass is 424 g/mol. The molecule has 0 bridgehead atoms. The maximum absolute atomic E-state index is 12.2. The van der Waals surface area contributed by atoms with Crippen LogP contribution in [-0.2, 0) is 6.42 Å². The summed E-state index contributed by atoms with van der Waals surface area (Å²) >= 11 is 3.38. The van der Waals surface area contributed by atoms with Crippen molar-refractivity contribution in [2.24, 2.45) is 10.2 Å². The van der Waals surface area contributed by atoms with Gasteiger partial charge in [0.2, 0.25) is 5.88 Å². The van der Waals surface area contributed by atoms with Gasteiger partial charge in [0.15, 0.2) is 5.69 Å². The van der Waals surface area contributed by atoms with Crippen LogP contribution < -0.4 is 5.56 Å². The van der Waals surface area contributed by atoms with E-state index in [1.807, 2.05) is 36.4 Å². The number of nitrogens with zero attached hydrogens (tertiary/aromatic N) is 4. The normalized spacial score (nSPS) is 11.4. The van der Waals surface area contributed by atoms with Crippen molar-refractivity contribution in [2.75, 3.05) is 0 Å². The van der Waals surface area contributed by atoms with E-state index in [1.54, 1.807) is 12.1 Å². The quantitative estimate of drug-likeness (QED) is 0.426. The van der Waals surface area contributed by atoms with Crippen LogP contribution in [0.1, 0.15) is 11.3 Å². The molecule has 9 heteroatoms. The first-order valence-corrected chi connectivity index (χ1v) is 8.81. The zero-order valence-corrected chi connectivity index (χ0v) is 15.4. The van der Waals surface area contributed by atoms with E-state index in [-0.39, 0.29) is 23.1 Å². The third-order valence-corrected chi connectivity index (χ3v) is 4.42. The highest BCUT2D eigenvalue weighted by atomic mass is 79.9. The summed E-state index contributed by atoms with van der Waals surface area (Å²) in [4.78, 5) is 17.6. The summed E-state index contributed by atoms with van der Waals surface area (Å²) in [5.41, 5.74) is 1.83. The molecule has 0 atom stereocenters. The standard InChI is InChI=1S/C18H13BrN6O2/c19-11-6-7-13-12(9-11)15(17(27)20-13)23-25-18-21-16(26)14(22-24-18)8-10-4-2-1-3-5-10/h1-7,9,20,27H,8H2,(H,21,24,26). The Kier molecular flexibility index (Phi) is 4.51. The van der Waals surface area contributed by atoms with Crippen LogP contribution in [0.3, 0.4) is 0 Å². The minimum atomic E-state index is -0.381. The summed E-state index contributed by atoms with van der Waals surface area (Å²) in [6.07, 6.45) is 0.373. The largest absolute Gasteiger partial charge is 0.493 e. The fourth-order valence-corrected chi connectivity index (χ4v) is 3.00. The number of azo groups is 1. The summed E-state index contributed by atoms with van der Waals surface area (Å²) in [6.45, 7) is 0. The topological polar surface area (TPSA) is 119 Å². The van der Waals surface area contributed by atoms with Gasteiger partial charge >= 0.3 is 0 Å². The lowest BCUT2D eigenvalue weighted by Gasteiger charge is -1.99. The number of fused-ring (bicyclic) bond motifs is 1. The lowest BCUT2D eigenvalue weighted by Crippen LogP contribution is -2.16. The molecule has 134 valence electrons. The molecule has 0 aliphatic carbocycles. The van der Waals surface area contributed by atoms with Crippen LogP contribution in [0.25, 0.3) is 10.9 Å². The molecule has 4 rings (SSSR count). The number of hydrogen-bond acceptors (Lipinski definition) is 6. The van der Waals surface area contributed by atoms with E-state index in [0.717, 1.165) is 10.0 Å². The summed E-state index contributed by atoms with van der Waals surface area (Å²) < 4.78 is 0.837. The predicted molar refractivity (Wildman–Crippen MR) is 104 cm³/mol. The first-order valence-electron chi connectivity index (χ1n) is 8.02. The van der Waals surface area contributed by atoms with Crippen molar-refractivity contribution >= 4 is 38.5 Å². The van der Waals surface area contributed by atoms with Crippen molar-refractivity contribution in [3.05, 3.63) is 74.6 Å². The van der Waals surface area contributed by atoms with Crippen LogP contribution in [0.4, 0.5) is 11.6 Å². The number of aromatic nitrogens is 4. The Bertz CT molecular complexity index is 1200. The van der Waals surface area contributed by atoms with Gasteiger partial charge in [-0.05, 0) is 23.8 Å². The molecule has 0 saturated heterocycles. The molecular weight excluding hydrogens is 412 g/mol. The van der Waals surface area contributed by atoms with E-state index in [0.29, 0.717) is 23.0 Å². The highest BCUT2D eigenvalue weighted by molar-refractivity contribution is 9.10. The van der Waals surface area contributed by atoms with Crippen molar-refractivity contribution in [2.45, 2.75) is 6.42 Å². The van der Waals surface area contributed by atoms with Gasteiger partial charge in [-0.2, -0.15) is 0 Å². The minimum Gasteiger partial charge on any atom is -0.493 e. The first-order chi connectivity index (χ1) is 13.1. The molecule has 0 aliphatic heterocycles. The van der Waals surface area contributed by atoms with Crippen LogP contribution in [0.15, 0.2) is 68.0 Å². The second-order valence-electron chi connectivity index (χ2n) is 5.80. The zero-order chi connectivity index (χ0) is 18.8. The Balaban J connectivity index is 1.62. The minimum absolute atomic E-state index is 0.0411. The predicted octanol–water partition coefficient (Wildman–Crippen LogP) is 4.12. The van der Waals surface area contributed by atoms with Crippen LogP contribution in [0.5, 0.6) is 5.88 Å². The number of H-pyrrole nitrogens is 2. The first kappa shape index (κ1) is 17.1. The van der Waals surface area contributed by atoms with Gasteiger partial charge in [-0.3, -0.25) is 9.78 Å². The number of aromatic amines is 2. The molecule has 3 N–H and O–H groups in total. The summed E-state index contributed by atoms with van der Waals surface area (Å²) in [5.74, 6) is -0.164. The molecule has 4 aromatic rings. The molecule has 0 fully saturated rings. The summed E-state index contributed by atoms with van der Waals surface area (Å²) in [5, 5.41) is 26.5. The molecule has 0 amide bonds. The maximum atomic E-state index is 12.2. The number of hydrogen-bond donors (Lipinski definition) is 3. The number of halogens is 1. The van der Waals surface area contributed by atoms with Crippen molar-refractivity contribution in [1.82, 2.24) is 20.2 Å². The molecule has 8 nitrogen and oxygen atoms in total. The van der Waals surface area contributed by atoms with Crippen LogP contribution in [0.2, 0.25) is 0 Å². The second-order valence-corrected chi connectivity index (χ2v) is 6.71. The third-order valence-electron chi connectivity index (χ3n) is 3.93. The molecule has 0 radical (unpaired) electrons. The Morgan fingerprint density at radius 2 is 1.85 bits per heavy atom. The maximum Gasteiger partial charge on any atom is 0.274 e. The van der Waals surface area contributed by atoms with Gasteiger partial charge in [0.1, 0.15) is 5.69 Å². The Morgan fingerprint density at radius 1 is 1.04 bits per heavy atom. The summed E-state index contributed by atoms with van der Waals surface area (Å²) in [6, 6.07) is 15.0. The number of benzene rings is 2. The Morgan fingerprint density at radius 3 is 2.63 bits per heavy atom. The fraction of sp³-hybridized carbons (Fsp3) is 0.0556. The second kappa shape index (κ2) is 7.12. The van der Waals surface area contributed by atoms with Gasteiger partial charge in [-0.15, -0.1) is 20.4 Å². The van der Waals surface area contributed by atoms with Gasteiger partial charge in [-0.25, -0.2) is 0 Å². The molecule has 0 aliphatic rings. The van der Waals surface area contributed by atoms with Crippen molar-refractivity contribution in [3.8, 4) is 5.88 Å². The van der Waals surface area contributed by atoms with E-state index in [1.165, 1.54) is 0 Å². The average Bonchev–Trinajstić information content (AvgIpc) is 2.97. The van der Waals surface area contributed by atoms with Crippen molar-refractivity contribution < 1.29 is 5.11 Å². The van der Waals surface area contributed by atoms with E-state index in [2.05, 4.69) is 46.3 Å². The third kappa shape index (κ3) is 3.63. The van der Waals surface area contributed by atoms with E-state index >= 15 is 0 Å². The van der Waals surface area contributed by atoms with E-state index in [9.17, 15) is 9.90 Å². The molecule has 2 heterocycles. The smallest absolute Gasteiger partial charge is 0.274 e. The zero-order valence-electron chi connectivity index (χ0n) is 13.8. The molecule has 0 unspecified atom stereocenters. The van der Waals surface area contributed by atoms with Crippen molar-refractivity contribution in [1.29, 1.82) is 0 Å². The lowest BCUT2D eigenvalue weighted by molar-refractivity contribution is 0.459. The SMILES string of the molecule is O=c1[nH]c(N=Nc2c(O)[nH]c3ccc(Br)cc23)nnc1Cc1ccccc1.